The van der Waals surface area contributed by atoms with Gasteiger partial charge in [-0.3, -0.25) is 0 Å². The Balaban J connectivity index is 1.69. The number of nitrogens with zero attached hydrogens (tertiary/aromatic N) is 5. The van der Waals surface area contributed by atoms with Gasteiger partial charge in [0, 0.05) is 43.9 Å². The van der Waals surface area contributed by atoms with Crippen molar-refractivity contribution in [3.05, 3.63) is 34.6 Å². The largest absolute Gasteiger partial charge is 0.365 e. The number of nitrogens with one attached hydrogen (secondary N) is 1. The van der Waals surface area contributed by atoms with Crippen LogP contribution >= 0.6 is 15.9 Å². The first-order valence-corrected chi connectivity index (χ1v) is 8.97. The van der Waals surface area contributed by atoms with Gasteiger partial charge in [-0.15, -0.1) is 0 Å². The van der Waals surface area contributed by atoms with Gasteiger partial charge in [-0.2, -0.15) is 4.98 Å². The van der Waals surface area contributed by atoms with E-state index in [1.54, 1.807) is 6.20 Å². The Bertz CT molecular complexity index is 705. The van der Waals surface area contributed by atoms with Crippen molar-refractivity contribution in [2.75, 3.05) is 42.3 Å². The normalized spacial score (nSPS) is 17.7. The molecule has 2 aromatic rings. The molecule has 1 saturated heterocycles. The smallest absolute Gasteiger partial charge is 0.226 e. The maximum atomic E-state index is 4.69. The van der Waals surface area contributed by atoms with Gasteiger partial charge in [0.15, 0.2) is 0 Å². The number of hydrogen-bond acceptors (Lipinski definition) is 6. The van der Waals surface area contributed by atoms with Gasteiger partial charge in [0.2, 0.25) is 5.95 Å². The fraction of sp³-hybridized carbons (Fsp3) is 0.471. The molecule has 1 N–H and O–H groups in total. The molecule has 0 bridgehead atoms. The van der Waals surface area contributed by atoms with Crippen LogP contribution in [0.15, 0.2) is 28.9 Å². The second kappa shape index (κ2) is 7.34. The van der Waals surface area contributed by atoms with Crippen LogP contribution in [0.1, 0.15) is 18.5 Å². The first-order valence-electron chi connectivity index (χ1n) is 8.18. The lowest BCUT2D eigenvalue weighted by molar-refractivity contribution is 0.525. The van der Waals surface area contributed by atoms with Gasteiger partial charge in [0.1, 0.15) is 11.6 Å². The van der Waals surface area contributed by atoms with E-state index in [0.29, 0.717) is 6.04 Å². The summed E-state index contributed by atoms with van der Waals surface area (Å²) in [5.74, 6) is 2.64. The van der Waals surface area contributed by atoms with Crippen LogP contribution in [0.25, 0.3) is 0 Å². The summed E-state index contributed by atoms with van der Waals surface area (Å²) in [5.41, 5.74) is 1.02. The van der Waals surface area contributed by atoms with E-state index in [4.69, 9.17) is 4.98 Å². The molecule has 0 aromatic carbocycles. The minimum absolute atomic E-state index is 0.356. The molecule has 1 aliphatic heterocycles. The SMILES string of the molecule is Cc1nc(N2CCCC(Nc3ccnc(N(C)C)n3)C2)ccc1Br. The highest BCUT2D eigenvalue weighted by Crippen LogP contribution is 2.23. The Labute approximate surface area is 151 Å². The van der Waals surface area contributed by atoms with Gasteiger partial charge in [-0.25, -0.2) is 9.97 Å². The van der Waals surface area contributed by atoms with Crippen LogP contribution in [-0.2, 0) is 0 Å². The molecule has 128 valence electrons. The molecule has 3 rings (SSSR count). The molecule has 1 aliphatic rings. The quantitative estimate of drug-likeness (QED) is 0.865. The average Bonchev–Trinajstić information content (AvgIpc) is 2.58. The molecule has 0 spiro atoms. The zero-order chi connectivity index (χ0) is 17.1. The van der Waals surface area contributed by atoms with Crippen molar-refractivity contribution in [2.24, 2.45) is 0 Å². The molecule has 0 radical (unpaired) electrons. The summed E-state index contributed by atoms with van der Waals surface area (Å²) in [7, 11) is 3.89. The van der Waals surface area contributed by atoms with Crippen molar-refractivity contribution in [2.45, 2.75) is 25.8 Å². The van der Waals surface area contributed by atoms with Crippen molar-refractivity contribution >= 4 is 33.5 Å². The lowest BCUT2D eigenvalue weighted by atomic mass is 10.1. The third-order valence-corrected chi connectivity index (χ3v) is 4.99. The first kappa shape index (κ1) is 17.0. The summed E-state index contributed by atoms with van der Waals surface area (Å²) in [6.45, 7) is 3.99. The molecule has 1 fully saturated rings. The summed E-state index contributed by atoms with van der Waals surface area (Å²) >= 11 is 3.52. The van der Waals surface area contributed by atoms with Crippen LogP contribution in [0.2, 0.25) is 0 Å². The van der Waals surface area contributed by atoms with Crippen LogP contribution in [0.4, 0.5) is 17.6 Å². The number of halogens is 1. The summed E-state index contributed by atoms with van der Waals surface area (Å²) in [5, 5.41) is 3.55. The molecule has 2 aromatic heterocycles. The van der Waals surface area contributed by atoms with Crippen LogP contribution < -0.4 is 15.1 Å². The van der Waals surface area contributed by atoms with E-state index in [-0.39, 0.29) is 0 Å². The summed E-state index contributed by atoms with van der Waals surface area (Å²) < 4.78 is 1.05. The van der Waals surface area contributed by atoms with Crippen LogP contribution in [0, 0.1) is 6.92 Å². The highest BCUT2D eigenvalue weighted by Gasteiger charge is 2.21. The van der Waals surface area contributed by atoms with Gasteiger partial charge in [0.05, 0.1) is 5.69 Å². The van der Waals surface area contributed by atoms with Crippen LogP contribution in [0.3, 0.4) is 0 Å². The van der Waals surface area contributed by atoms with Crippen molar-refractivity contribution in [3.63, 3.8) is 0 Å². The molecule has 6 nitrogen and oxygen atoms in total. The number of piperidine rings is 1. The maximum Gasteiger partial charge on any atom is 0.226 e. The Hall–Kier alpha value is -1.89. The number of rotatable bonds is 4. The molecular formula is C17H23BrN6. The Morgan fingerprint density at radius 3 is 2.83 bits per heavy atom. The maximum absolute atomic E-state index is 4.69. The molecule has 24 heavy (non-hydrogen) atoms. The van der Waals surface area contributed by atoms with E-state index in [2.05, 4.69) is 48.2 Å². The fourth-order valence-electron chi connectivity index (χ4n) is 2.86. The third kappa shape index (κ3) is 3.95. The number of aromatic nitrogens is 3. The predicted octanol–water partition coefficient (Wildman–Crippen LogP) is 3.09. The Kier molecular flexibility index (Phi) is 5.18. The highest BCUT2D eigenvalue weighted by atomic mass is 79.9. The lowest BCUT2D eigenvalue weighted by Gasteiger charge is -2.34. The lowest BCUT2D eigenvalue weighted by Crippen LogP contribution is -2.42. The van der Waals surface area contributed by atoms with Gasteiger partial charge in [-0.05, 0) is 53.9 Å². The predicted molar refractivity (Wildman–Crippen MR) is 102 cm³/mol. The van der Waals surface area contributed by atoms with Crippen molar-refractivity contribution < 1.29 is 0 Å². The fourth-order valence-corrected chi connectivity index (χ4v) is 3.08. The first-order chi connectivity index (χ1) is 11.5. The van der Waals surface area contributed by atoms with Gasteiger partial charge < -0.3 is 15.1 Å². The molecular weight excluding hydrogens is 368 g/mol. The molecule has 0 saturated carbocycles. The number of aryl methyl sites for hydroxylation is 1. The van der Waals surface area contributed by atoms with Gasteiger partial charge in [0.25, 0.3) is 0 Å². The second-order valence-corrected chi connectivity index (χ2v) is 7.16. The average molecular weight is 391 g/mol. The zero-order valence-electron chi connectivity index (χ0n) is 14.3. The molecule has 7 heteroatoms. The number of hydrogen-bond donors (Lipinski definition) is 1. The van der Waals surface area contributed by atoms with Crippen molar-refractivity contribution in [1.82, 2.24) is 15.0 Å². The van der Waals surface area contributed by atoms with Gasteiger partial charge >= 0.3 is 0 Å². The summed E-state index contributed by atoms with van der Waals surface area (Å²) in [4.78, 5) is 17.8. The second-order valence-electron chi connectivity index (χ2n) is 6.30. The van der Waals surface area contributed by atoms with E-state index in [1.165, 1.54) is 0 Å². The van der Waals surface area contributed by atoms with Crippen molar-refractivity contribution in [3.8, 4) is 0 Å². The van der Waals surface area contributed by atoms with E-state index in [9.17, 15) is 0 Å². The summed E-state index contributed by atoms with van der Waals surface area (Å²) in [6.07, 6.45) is 4.07. The standard InChI is InChI=1S/C17H23BrN6/c1-12-14(18)6-7-16(20-12)24-10-4-5-13(11-24)21-15-8-9-19-17(22-15)23(2)3/h6-9,13H,4-5,10-11H2,1-3H3,(H,19,21,22). The van der Waals surface area contributed by atoms with Crippen molar-refractivity contribution in [1.29, 1.82) is 0 Å². The van der Waals surface area contributed by atoms with E-state index in [1.807, 2.05) is 32.0 Å². The summed E-state index contributed by atoms with van der Waals surface area (Å²) in [6, 6.07) is 6.43. The van der Waals surface area contributed by atoms with Gasteiger partial charge in [-0.1, -0.05) is 0 Å². The molecule has 0 aliphatic carbocycles. The van der Waals surface area contributed by atoms with Crippen LogP contribution in [0.5, 0.6) is 0 Å². The van der Waals surface area contributed by atoms with E-state index < -0.39 is 0 Å². The topological polar surface area (TPSA) is 57.2 Å². The monoisotopic (exact) mass is 390 g/mol. The zero-order valence-corrected chi connectivity index (χ0v) is 15.9. The van der Waals surface area contributed by atoms with Crippen LogP contribution in [-0.4, -0.2) is 48.2 Å². The highest BCUT2D eigenvalue weighted by molar-refractivity contribution is 9.10. The minimum atomic E-state index is 0.356. The Morgan fingerprint density at radius 1 is 1.25 bits per heavy atom. The number of anilines is 3. The molecule has 1 atom stereocenters. The van der Waals surface area contributed by atoms with E-state index >= 15 is 0 Å². The molecule has 0 amide bonds. The molecule has 3 heterocycles. The van der Waals surface area contributed by atoms with E-state index in [0.717, 1.165) is 53.7 Å². The number of pyridine rings is 1. The Morgan fingerprint density at radius 2 is 2.08 bits per heavy atom. The molecule has 1 unspecified atom stereocenters. The third-order valence-electron chi connectivity index (χ3n) is 4.15. The minimum Gasteiger partial charge on any atom is -0.365 e.